The smallest absolute Gasteiger partial charge is 0.0344 e. The Hall–Kier alpha value is 0. The van der Waals surface area contributed by atoms with Crippen molar-refractivity contribution in [3.8, 4) is 0 Å². The third-order valence-corrected chi connectivity index (χ3v) is 1.91. The molecule has 0 radical (unpaired) electrons. The van der Waals surface area contributed by atoms with Crippen molar-refractivity contribution >= 4 is 0 Å². The van der Waals surface area contributed by atoms with Crippen LogP contribution in [-0.2, 0) is 0 Å². The lowest BCUT2D eigenvalue weighted by Crippen LogP contribution is -2.38. The normalized spacial score (nSPS) is 25.8. The van der Waals surface area contributed by atoms with Gasteiger partial charge in [0.2, 0.25) is 0 Å². The third kappa shape index (κ3) is 2.72. The first-order chi connectivity index (χ1) is 4.41. The van der Waals surface area contributed by atoms with Crippen LogP contribution >= 0.6 is 0 Å². The van der Waals surface area contributed by atoms with Gasteiger partial charge in [-0.1, -0.05) is 41.5 Å². The first-order valence-electron chi connectivity index (χ1n) is 4.41. The van der Waals surface area contributed by atoms with Gasteiger partial charge in [-0.15, -0.1) is 0 Å². The van der Waals surface area contributed by atoms with E-state index in [4.69, 9.17) is 0 Å². The summed E-state index contributed by atoms with van der Waals surface area (Å²) < 4.78 is 0. The van der Waals surface area contributed by atoms with Gasteiger partial charge in [0.1, 0.15) is 0 Å². The Bertz CT molecular complexity index is 76.6. The van der Waals surface area contributed by atoms with Gasteiger partial charge in [-0.2, -0.15) is 0 Å². The van der Waals surface area contributed by atoms with Crippen molar-refractivity contribution < 1.29 is 0 Å². The van der Waals surface area contributed by atoms with Crippen LogP contribution in [-0.4, -0.2) is 0 Å². The van der Waals surface area contributed by atoms with Gasteiger partial charge in [-0.25, -0.2) is 0 Å². The molecule has 0 amide bonds. The maximum atomic E-state index is 2.35. The molecular weight excluding hydrogens is 120 g/mol. The highest BCUT2D eigenvalue weighted by Crippen LogP contribution is 2.53. The average molecular weight is 142 g/mol. The fraction of sp³-hybridized carbons (Fsp3) is 1.00. The molecule has 1 fully saturated rings. The van der Waals surface area contributed by atoms with Crippen LogP contribution in [0.3, 0.4) is 0 Å². The Labute approximate surface area is 66.0 Å². The maximum Gasteiger partial charge on any atom is -0.0344 e. The van der Waals surface area contributed by atoms with Gasteiger partial charge in [0, 0.05) is 0 Å². The van der Waals surface area contributed by atoms with Crippen molar-refractivity contribution in [2.45, 2.75) is 54.4 Å². The van der Waals surface area contributed by atoms with Gasteiger partial charge in [-0.05, 0) is 23.7 Å². The van der Waals surface area contributed by atoms with Crippen LogP contribution in [0.5, 0.6) is 0 Å². The Morgan fingerprint density at radius 1 is 0.700 bits per heavy atom. The maximum absolute atomic E-state index is 2.35. The van der Waals surface area contributed by atoms with Crippen LogP contribution in [0.25, 0.3) is 0 Å². The predicted octanol–water partition coefficient (Wildman–Crippen LogP) is 3.86. The Balaban J connectivity index is 0.000000371. The van der Waals surface area contributed by atoms with E-state index in [1.807, 2.05) is 13.8 Å². The van der Waals surface area contributed by atoms with Gasteiger partial charge in [-0.3, -0.25) is 0 Å². The highest BCUT2D eigenvalue weighted by Gasteiger charge is 2.41. The van der Waals surface area contributed by atoms with E-state index in [1.165, 1.54) is 12.8 Å². The van der Waals surface area contributed by atoms with Gasteiger partial charge in [0.15, 0.2) is 0 Å². The molecule has 0 aliphatic heterocycles. The number of hydrogen-bond acceptors (Lipinski definition) is 0. The minimum absolute atomic E-state index is 0.656. The average Bonchev–Trinajstić information content (AvgIpc) is 1.63. The molecule has 1 aliphatic rings. The molecule has 0 aromatic carbocycles. The Morgan fingerprint density at radius 3 is 0.900 bits per heavy atom. The van der Waals surface area contributed by atoms with Crippen molar-refractivity contribution in [1.82, 2.24) is 0 Å². The molecule has 1 aliphatic carbocycles. The number of hydrogen-bond donors (Lipinski definition) is 0. The zero-order valence-electron chi connectivity index (χ0n) is 8.41. The standard InChI is InChI=1S/C8H16.C2H6/c1-7(2)5-8(3,4)6-7;1-2/h5-6H2,1-4H3;1-2H3. The zero-order valence-corrected chi connectivity index (χ0v) is 8.41. The van der Waals surface area contributed by atoms with E-state index in [2.05, 4.69) is 27.7 Å². The van der Waals surface area contributed by atoms with Crippen LogP contribution in [0.15, 0.2) is 0 Å². The van der Waals surface area contributed by atoms with Crippen LogP contribution in [0, 0.1) is 10.8 Å². The van der Waals surface area contributed by atoms with Crippen LogP contribution in [0.4, 0.5) is 0 Å². The Morgan fingerprint density at radius 2 is 0.900 bits per heavy atom. The minimum atomic E-state index is 0.656. The van der Waals surface area contributed by atoms with E-state index in [-0.39, 0.29) is 0 Å². The molecule has 0 bridgehead atoms. The van der Waals surface area contributed by atoms with E-state index < -0.39 is 0 Å². The first-order valence-corrected chi connectivity index (χ1v) is 4.41. The van der Waals surface area contributed by atoms with E-state index >= 15 is 0 Å². The largest absolute Gasteiger partial charge is 0.0683 e. The topological polar surface area (TPSA) is 0 Å². The second-order valence-corrected chi connectivity index (χ2v) is 4.68. The number of rotatable bonds is 0. The van der Waals surface area contributed by atoms with Crippen molar-refractivity contribution in [2.24, 2.45) is 10.8 Å². The molecule has 0 N–H and O–H groups in total. The van der Waals surface area contributed by atoms with Crippen molar-refractivity contribution in [3.63, 3.8) is 0 Å². The molecule has 0 aromatic heterocycles. The molecule has 1 rings (SSSR count). The highest BCUT2D eigenvalue weighted by molar-refractivity contribution is 4.92. The molecule has 0 aromatic rings. The van der Waals surface area contributed by atoms with Gasteiger partial charge in [0.05, 0.1) is 0 Å². The summed E-state index contributed by atoms with van der Waals surface area (Å²) in [4.78, 5) is 0. The highest BCUT2D eigenvalue weighted by atomic mass is 14.5. The summed E-state index contributed by atoms with van der Waals surface area (Å²) in [7, 11) is 0. The second-order valence-electron chi connectivity index (χ2n) is 4.68. The minimum Gasteiger partial charge on any atom is -0.0683 e. The first kappa shape index (κ1) is 10.0. The van der Waals surface area contributed by atoms with E-state index in [1.54, 1.807) is 0 Å². The molecule has 1 saturated carbocycles. The molecule has 0 nitrogen and oxygen atoms in total. The van der Waals surface area contributed by atoms with Crippen LogP contribution < -0.4 is 0 Å². The molecule has 10 heavy (non-hydrogen) atoms. The van der Waals surface area contributed by atoms with E-state index in [9.17, 15) is 0 Å². The molecule has 0 heteroatoms. The summed E-state index contributed by atoms with van der Waals surface area (Å²) in [6, 6.07) is 0. The molecule has 0 atom stereocenters. The lowest BCUT2D eigenvalue weighted by atomic mass is 9.56. The summed E-state index contributed by atoms with van der Waals surface area (Å²) in [6.07, 6.45) is 2.81. The lowest BCUT2D eigenvalue weighted by molar-refractivity contribution is 0.0201. The Kier molecular flexibility index (Phi) is 2.94. The quantitative estimate of drug-likeness (QED) is 0.482. The molecule has 0 saturated heterocycles. The van der Waals surface area contributed by atoms with Crippen LogP contribution in [0.1, 0.15) is 54.4 Å². The summed E-state index contributed by atoms with van der Waals surface area (Å²) >= 11 is 0. The molecule has 0 unspecified atom stereocenters. The van der Waals surface area contributed by atoms with Crippen molar-refractivity contribution in [2.75, 3.05) is 0 Å². The molecule has 62 valence electrons. The zero-order chi connectivity index (χ0) is 8.41. The summed E-state index contributed by atoms with van der Waals surface area (Å²) in [6.45, 7) is 13.4. The second kappa shape index (κ2) is 2.94. The summed E-state index contributed by atoms with van der Waals surface area (Å²) in [5, 5.41) is 0. The van der Waals surface area contributed by atoms with Crippen molar-refractivity contribution in [3.05, 3.63) is 0 Å². The molecule has 0 heterocycles. The molecule has 0 spiro atoms. The lowest BCUT2D eigenvalue weighted by Gasteiger charge is -2.49. The summed E-state index contributed by atoms with van der Waals surface area (Å²) in [5.41, 5.74) is 1.31. The SMILES string of the molecule is CC.CC1(C)CC(C)(C)C1. The predicted molar refractivity (Wildman–Crippen MR) is 48.1 cm³/mol. The fourth-order valence-electron chi connectivity index (χ4n) is 2.54. The van der Waals surface area contributed by atoms with Gasteiger partial charge in [0.25, 0.3) is 0 Å². The third-order valence-electron chi connectivity index (χ3n) is 1.91. The van der Waals surface area contributed by atoms with E-state index in [0.717, 1.165) is 0 Å². The van der Waals surface area contributed by atoms with E-state index in [0.29, 0.717) is 10.8 Å². The van der Waals surface area contributed by atoms with Gasteiger partial charge < -0.3 is 0 Å². The monoisotopic (exact) mass is 142 g/mol. The fourth-order valence-corrected chi connectivity index (χ4v) is 2.54. The van der Waals surface area contributed by atoms with Gasteiger partial charge >= 0.3 is 0 Å². The van der Waals surface area contributed by atoms with Crippen LogP contribution in [0.2, 0.25) is 0 Å². The van der Waals surface area contributed by atoms with Crippen molar-refractivity contribution in [1.29, 1.82) is 0 Å². The summed E-state index contributed by atoms with van der Waals surface area (Å²) in [5.74, 6) is 0. The molecular formula is C10H22.